The Labute approximate surface area is 99.2 Å². The van der Waals surface area contributed by atoms with Crippen LogP contribution in [-0.2, 0) is 4.79 Å². The Bertz CT molecular complexity index is 413. The van der Waals surface area contributed by atoms with Crippen molar-refractivity contribution in [3.63, 3.8) is 0 Å². The highest BCUT2D eigenvalue weighted by Gasteiger charge is 2.25. The predicted octanol–water partition coefficient (Wildman–Crippen LogP) is 1.31. The first-order valence-electron chi connectivity index (χ1n) is 5.40. The highest BCUT2D eigenvalue weighted by molar-refractivity contribution is 5.92. The number of carbonyl (C=O) groups excluding carboxylic acids is 1. The van der Waals surface area contributed by atoms with Crippen LogP contribution in [0.3, 0.4) is 0 Å². The fraction of sp³-hybridized carbons (Fsp3) is 0.545. The zero-order valence-corrected chi connectivity index (χ0v) is 10.1. The highest BCUT2D eigenvalue weighted by Crippen LogP contribution is 2.13. The van der Waals surface area contributed by atoms with E-state index in [0.717, 1.165) is 0 Å². The third kappa shape index (κ3) is 3.05. The zero-order chi connectivity index (χ0) is 13.0. The number of oxazole rings is 1. The molecule has 1 aromatic rings. The van der Waals surface area contributed by atoms with Crippen LogP contribution < -0.4 is 0 Å². The Morgan fingerprint density at radius 1 is 1.59 bits per heavy atom. The summed E-state index contributed by atoms with van der Waals surface area (Å²) in [4.78, 5) is 28.0. The Kier molecular flexibility index (Phi) is 4.25. The van der Waals surface area contributed by atoms with Gasteiger partial charge in [0, 0.05) is 12.6 Å². The van der Waals surface area contributed by atoms with Crippen LogP contribution in [0.2, 0.25) is 0 Å². The third-order valence-corrected chi connectivity index (χ3v) is 2.54. The minimum Gasteiger partial charge on any atom is -0.481 e. The number of aryl methyl sites for hydroxylation is 1. The molecule has 6 heteroatoms. The van der Waals surface area contributed by atoms with Crippen molar-refractivity contribution in [1.82, 2.24) is 9.88 Å². The fourth-order valence-corrected chi connectivity index (χ4v) is 1.66. The van der Waals surface area contributed by atoms with E-state index in [2.05, 4.69) is 4.98 Å². The van der Waals surface area contributed by atoms with Crippen LogP contribution >= 0.6 is 0 Å². The summed E-state index contributed by atoms with van der Waals surface area (Å²) in [6.07, 6.45) is 1.12. The molecule has 94 valence electrons. The predicted molar refractivity (Wildman–Crippen MR) is 59.7 cm³/mol. The molecule has 0 saturated heterocycles. The van der Waals surface area contributed by atoms with Crippen LogP contribution in [0, 0.1) is 6.92 Å². The number of aromatic nitrogens is 1. The van der Waals surface area contributed by atoms with Gasteiger partial charge >= 0.3 is 5.97 Å². The maximum Gasteiger partial charge on any atom is 0.305 e. The average Bonchev–Trinajstić information content (AvgIpc) is 2.64. The van der Waals surface area contributed by atoms with Crippen LogP contribution in [0.1, 0.15) is 36.5 Å². The molecular weight excluding hydrogens is 224 g/mol. The summed E-state index contributed by atoms with van der Waals surface area (Å²) < 4.78 is 5.01. The van der Waals surface area contributed by atoms with Crippen LogP contribution in [0.25, 0.3) is 0 Å². The lowest BCUT2D eigenvalue weighted by atomic mass is 10.2. The van der Waals surface area contributed by atoms with Gasteiger partial charge in [0.15, 0.2) is 6.39 Å². The van der Waals surface area contributed by atoms with Crippen LogP contribution in [0.15, 0.2) is 10.8 Å². The van der Waals surface area contributed by atoms with Crippen LogP contribution in [0.5, 0.6) is 0 Å². The zero-order valence-electron chi connectivity index (χ0n) is 10.1. The van der Waals surface area contributed by atoms with E-state index in [-0.39, 0.29) is 24.1 Å². The summed E-state index contributed by atoms with van der Waals surface area (Å²) in [6, 6.07) is -0.380. The number of rotatable bonds is 5. The highest BCUT2D eigenvalue weighted by atomic mass is 16.4. The molecule has 1 aromatic heterocycles. The van der Waals surface area contributed by atoms with Gasteiger partial charge in [-0.15, -0.1) is 0 Å². The number of carbonyl (C=O) groups is 2. The first-order chi connectivity index (χ1) is 7.97. The molecule has 1 unspecified atom stereocenters. The molecule has 0 spiro atoms. The molecule has 1 rings (SSSR count). The lowest BCUT2D eigenvalue weighted by Gasteiger charge is -2.26. The Balaban J connectivity index is 2.84. The maximum absolute atomic E-state index is 12.1. The van der Waals surface area contributed by atoms with Gasteiger partial charge in [0.05, 0.1) is 12.1 Å². The summed E-state index contributed by atoms with van der Waals surface area (Å²) in [5.74, 6) is -1.08. The van der Waals surface area contributed by atoms with Crippen LogP contribution in [-0.4, -0.2) is 39.5 Å². The standard InChI is InChI=1S/C11H16N2O4/c1-4-13(7(2)5-9(14)15)11(16)10-8(3)12-6-17-10/h6-7H,4-5H2,1-3H3,(H,14,15). The molecule has 0 bridgehead atoms. The van der Waals surface area contributed by atoms with E-state index in [4.69, 9.17) is 9.52 Å². The maximum atomic E-state index is 12.1. The molecular formula is C11H16N2O4. The number of carboxylic acid groups (broad SMARTS) is 1. The molecule has 1 atom stereocenters. The summed E-state index contributed by atoms with van der Waals surface area (Å²) >= 11 is 0. The summed E-state index contributed by atoms with van der Waals surface area (Å²) in [6.45, 7) is 5.59. The number of hydrogen-bond donors (Lipinski definition) is 1. The Morgan fingerprint density at radius 3 is 2.65 bits per heavy atom. The number of nitrogens with zero attached hydrogens (tertiary/aromatic N) is 2. The molecule has 17 heavy (non-hydrogen) atoms. The Hall–Kier alpha value is -1.85. The van der Waals surface area contributed by atoms with Crippen molar-refractivity contribution in [2.45, 2.75) is 33.2 Å². The number of amides is 1. The van der Waals surface area contributed by atoms with Gasteiger partial charge < -0.3 is 14.4 Å². The van der Waals surface area contributed by atoms with Gasteiger partial charge in [-0.2, -0.15) is 0 Å². The van der Waals surface area contributed by atoms with Gasteiger partial charge in [0.2, 0.25) is 5.76 Å². The van der Waals surface area contributed by atoms with E-state index in [1.165, 1.54) is 11.3 Å². The van der Waals surface area contributed by atoms with Gasteiger partial charge in [-0.1, -0.05) is 0 Å². The number of hydrogen-bond acceptors (Lipinski definition) is 4. The topological polar surface area (TPSA) is 83.6 Å². The molecule has 0 aliphatic heterocycles. The first kappa shape index (κ1) is 13.2. The number of carboxylic acids is 1. The second-order valence-electron chi connectivity index (χ2n) is 3.80. The lowest BCUT2D eigenvalue weighted by molar-refractivity contribution is -0.138. The molecule has 0 aromatic carbocycles. The van der Waals surface area contributed by atoms with Gasteiger partial charge in [0.1, 0.15) is 0 Å². The van der Waals surface area contributed by atoms with Crippen molar-refractivity contribution in [2.24, 2.45) is 0 Å². The van der Waals surface area contributed by atoms with E-state index < -0.39 is 5.97 Å². The van der Waals surface area contributed by atoms with Crippen molar-refractivity contribution < 1.29 is 19.1 Å². The van der Waals surface area contributed by atoms with E-state index in [9.17, 15) is 9.59 Å². The molecule has 1 N–H and O–H groups in total. The fourth-order valence-electron chi connectivity index (χ4n) is 1.66. The minimum atomic E-state index is -0.932. The second-order valence-corrected chi connectivity index (χ2v) is 3.80. The molecule has 1 heterocycles. The molecule has 0 aliphatic rings. The van der Waals surface area contributed by atoms with Crippen molar-refractivity contribution >= 4 is 11.9 Å². The first-order valence-corrected chi connectivity index (χ1v) is 5.40. The van der Waals surface area contributed by atoms with E-state index in [1.807, 2.05) is 0 Å². The normalized spacial score (nSPS) is 12.2. The van der Waals surface area contributed by atoms with E-state index in [1.54, 1.807) is 20.8 Å². The molecule has 0 aliphatic carbocycles. The summed E-state index contributed by atoms with van der Waals surface area (Å²) in [5, 5.41) is 8.72. The Morgan fingerprint density at radius 2 is 2.24 bits per heavy atom. The van der Waals surface area contributed by atoms with Crippen molar-refractivity contribution in [1.29, 1.82) is 0 Å². The van der Waals surface area contributed by atoms with E-state index in [0.29, 0.717) is 12.2 Å². The SMILES string of the molecule is CCN(C(=O)c1ocnc1C)C(C)CC(=O)O. The van der Waals surface area contributed by atoms with Crippen molar-refractivity contribution in [3.8, 4) is 0 Å². The van der Waals surface area contributed by atoms with Gasteiger partial charge in [-0.3, -0.25) is 9.59 Å². The summed E-state index contributed by atoms with van der Waals surface area (Å²) in [7, 11) is 0. The smallest absolute Gasteiger partial charge is 0.305 e. The molecule has 0 radical (unpaired) electrons. The van der Waals surface area contributed by atoms with E-state index >= 15 is 0 Å². The average molecular weight is 240 g/mol. The largest absolute Gasteiger partial charge is 0.481 e. The molecule has 0 fully saturated rings. The van der Waals surface area contributed by atoms with Gasteiger partial charge in [-0.25, -0.2) is 4.98 Å². The summed E-state index contributed by atoms with van der Waals surface area (Å²) in [5.41, 5.74) is 0.510. The molecule has 1 amide bonds. The van der Waals surface area contributed by atoms with Crippen molar-refractivity contribution in [2.75, 3.05) is 6.54 Å². The van der Waals surface area contributed by atoms with Crippen molar-refractivity contribution in [3.05, 3.63) is 17.8 Å². The van der Waals surface area contributed by atoms with Gasteiger partial charge in [-0.05, 0) is 20.8 Å². The minimum absolute atomic E-state index is 0.0905. The molecule has 6 nitrogen and oxygen atoms in total. The molecule has 0 saturated carbocycles. The monoisotopic (exact) mass is 240 g/mol. The number of aliphatic carboxylic acids is 1. The second kappa shape index (κ2) is 5.47. The lowest BCUT2D eigenvalue weighted by Crippen LogP contribution is -2.39. The third-order valence-electron chi connectivity index (χ3n) is 2.54. The quantitative estimate of drug-likeness (QED) is 0.838. The van der Waals surface area contributed by atoms with Crippen LogP contribution in [0.4, 0.5) is 0 Å². The van der Waals surface area contributed by atoms with Gasteiger partial charge in [0.25, 0.3) is 5.91 Å².